The van der Waals surface area contributed by atoms with Gasteiger partial charge in [0.25, 0.3) is 0 Å². The van der Waals surface area contributed by atoms with E-state index in [2.05, 4.69) is 27.9 Å². The number of amides is 2. The van der Waals surface area contributed by atoms with Crippen LogP contribution in [0.2, 0.25) is 0 Å². The number of nitrogens with one attached hydrogen (secondary N) is 2. The minimum atomic E-state index is -3.73. The molecule has 2 amide bonds. The van der Waals surface area contributed by atoms with Crippen LogP contribution < -0.4 is 10.0 Å². The normalized spacial score (nSPS) is 16.7. The van der Waals surface area contributed by atoms with E-state index in [-0.39, 0.29) is 0 Å². The molecule has 0 saturated carbocycles. The zero-order valence-electron chi connectivity index (χ0n) is 17.3. The molecule has 156 valence electrons. The summed E-state index contributed by atoms with van der Waals surface area (Å²) in [6.07, 6.45) is 7.13. The molecule has 2 aliphatic rings. The van der Waals surface area contributed by atoms with Crippen LogP contribution in [0.3, 0.4) is 0 Å². The minimum Gasteiger partial charge on any atom is -0.307 e. The maximum absolute atomic E-state index is 12.7. The van der Waals surface area contributed by atoms with Gasteiger partial charge >= 0.3 is 6.03 Å². The smallest absolute Gasteiger partial charge is 0.307 e. The van der Waals surface area contributed by atoms with Gasteiger partial charge in [0.2, 0.25) is 10.0 Å². The summed E-state index contributed by atoms with van der Waals surface area (Å²) in [7, 11) is -3.73. The van der Waals surface area contributed by atoms with Crippen LogP contribution in [-0.2, 0) is 35.7 Å². The molecule has 6 nitrogen and oxygen atoms in total. The second kappa shape index (κ2) is 8.82. The quantitative estimate of drug-likeness (QED) is 0.693. The molecule has 0 aliphatic heterocycles. The van der Waals surface area contributed by atoms with Crippen molar-refractivity contribution in [3.8, 4) is 0 Å². The average Bonchev–Trinajstić information content (AvgIpc) is 3.29. The van der Waals surface area contributed by atoms with E-state index < -0.39 is 21.3 Å². The number of sulfonamides is 1. The fourth-order valence-corrected chi connectivity index (χ4v) is 5.41. The first-order chi connectivity index (χ1) is 13.4. The van der Waals surface area contributed by atoms with Gasteiger partial charge < -0.3 is 10.2 Å². The second-order valence-electron chi connectivity index (χ2n) is 8.04. The number of rotatable bonds is 8. The van der Waals surface area contributed by atoms with E-state index >= 15 is 0 Å². The highest BCUT2D eigenvalue weighted by molar-refractivity contribution is 7.90. The van der Waals surface area contributed by atoms with Gasteiger partial charge in [-0.1, -0.05) is 19.9 Å². The Morgan fingerprint density at radius 1 is 1.11 bits per heavy atom. The Balaban J connectivity index is 1.71. The van der Waals surface area contributed by atoms with Crippen LogP contribution in [0, 0.1) is 0 Å². The Bertz CT molecular complexity index is 804. The van der Waals surface area contributed by atoms with E-state index in [1.165, 1.54) is 22.3 Å². The molecular formula is C21H33N3O3S. The maximum atomic E-state index is 12.7. The predicted octanol–water partition coefficient (Wildman–Crippen LogP) is 3.24. The number of benzene rings is 1. The molecule has 0 radical (unpaired) electrons. The van der Waals surface area contributed by atoms with Crippen LogP contribution >= 0.6 is 0 Å². The van der Waals surface area contributed by atoms with Gasteiger partial charge in [-0.05, 0) is 87.2 Å². The molecule has 28 heavy (non-hydrogen) atoms. The molecule has 0 bridgehead atoms. The molecule has 2 aliphatic carbocycles. The van der Waals surface area contributed by atoms with Gasteiger partial charge in [0.15, 0.2) is 0 Å². The van der Waals surface area contributed by atoms with Crippen LogP contribution in [0.25, 0.3) is 0 Å². The predicted molar refractivity (Wildman–Crippen MR) is 113 cm³/mol. The first kappa shape index (κ1) is 21.1. The monoisotopic (exact) mass is 407 g/mol. The Morgan fingerprint density at radius 3 is 2.25 bits per heavy atom. The summed E-state index contributed by atoms with van der Waals surface area (Å²) in [4.78, 5) is 14.7. The molecule has 1 unspecified atom stereocenters. The molecule has 0 spiro atoms. The number of hydrogen-bond donors (Lipinski definition) is 2. The van der Waals surface area contributed by atoms with Gasteiger partial charge in [0.1, 0.15) is 0 Å². The first-order valence-corrected chi connectivity index (χ1v) is 12.1. The van der Waals surface area contributed by atoms with E-state index in [0.717, 1.165) is 63.7 Å². The maximum Gasteiger partial charge on any atom is 0.332 e. The number of fused-ring (bicyclic) bond motifs is 2. The van der Waals surface area contributed by atoms with E-state index in [9.17, 15) is 13.2 Å². The van der Waals surface area contributed by atoms with Gasteiger partial charge in [0, 0.05) is 12.2 Å². The van der Waals surface area contributed by atoms with Crippen molar-refractivity contribution in [2.75, 3.05) is 25.0 Å². The van der Waals surface area contributed by atoms with Crippen molar-refractivity contribution in [2.24, 2.45) is 0 Å². The first-order valence-electron chi connectivity index (χ1n) is 10.6. The Morgan fingerprint density at radius 2 is 1.71 bits per heavy atom. The zero-order valence-corrected chi connectivity index (χ0v) is 18.1. The van der Waals surface area contributed by atoms with Crippen LogP contribution in [0.1, 0.15) is 62.3 Å². The molecule has 1 atom stereocenters. The highest BCUT2D eigenvalue weighted by Gasteiger charge is 2.28. The lowest BCUT2D eigenvalue weighted by atomic mass is 9.99. The summed E-state index contributed by atoms with van der Waals surface area (Å²) < 4.78 is 27.6. The number of carbonyl (C=O) groups excluding carboxylic acids is 1. The minimum absolute atomic E-state index is 0.420. The number of aryl methyl sites for hydroxylation is 2. The summed E-state index contributed by atoms with van der Waals surface area (Å²) in [5.41, 5.74) is 5.88. The van der Waals surface area contributed by atoms with Crippen molar-refractivity contribution in [3.05, 3.63) is 28.3 Å². The van der Waals surface area contributed by atoms with Crippen molar-refractivity contribution in [1.29, 1.82) is 0 Å². The third-order valence-electron chi connectivity index (χ3n) is 5.98. The van der Waals surface area contributed by atoms with E-state index in [0.29, 0.717) is 6.54 Å². The summed E-state index contributed by atoms with van der Waals surface area (Å²) in [5.74, 6) is 0. The molecule has 1 aromatic rings. The van der Waals surface area contributed by atoms with Gasteiger partial charge in [-0.25, -0.2) is 17.9 Å². The Labute approximate surface area is 169 Å². The van der Waals surface area contributed by atoms with E-state index in [1.807, 2.05) is 6.92 Å². The number of hydrogen-bond acceptors (Lipinski definition) is 4. The SMILES string of the molecule is CCCN(CC)CC(C)S(=O)(=O)NC(=O)Nc1c2c(cc3c1CCC3)CCC2. The molecule has 0 saturated heterocycles. The summed E-state index contributed by atoms with van der Waals surface area (Å²) in [6, 6.07) is 1.65. The Kier molecular flexibility index (Phi) is 6.65. The topological polar surface area (TPSA) is 78.5 Å². The highest BCUT2D eigenvalue weighted by Crippen LogP contribution is 2.38. The summed E-state index contributed by atoms with van der Waals surface area (Å²) in [5, 5.41) is 2.25. The van der Waals surface area contributed by atoms with Gasteiger partial charge in [-0.2, -0.15) is 0 Å². The molecule has 7 heteroatoms. The number of nitrogens with zero attached hydrogens (tertiary/aromatic N) is 1. The Hall–Kier alpha value is -1.60. The fourth-order valence-electron chi connectivity index (χ4n) is 4.49. The molecule has 2 N–H and O–H groups in total. The van der Waals surface area contributed by atoms with Gasteiger partial charge in [-0.3, -0.25) is 0 Å². The number of anilines is 1. The largest absolute Gasteiger partial charge is 0.332 e. The molecule has 1 aromatic carbocycles. The zero-order chi connectivity index (χ0) is 20.3. The average molecular weight is 408 g/mol. The molecular weight excluding hydrogens is 374 g/mol. The second-order valence-corrected chi connectivity index (χ2v) is 10.1. The van der Waals surface area contributed by atoms with Crippen LogP contribution in [0.15, 0.2) is 6.07 Å². The van der Waals surface area contributed by atoms with Crippen LogP contribution in [0.4, 0.5) is 10.5 Å². The standard InChI is InChI=1S/C21H33N3O3S/c1-4-12-24(5-2)14-15(3)28(26,27)23-21(25)22-20-18-10-6-8-16(18)13-17-9-7-11-19(17)20/h13,15H,4-12,14H2,1-3H3,(H2,22,23,25). The van der Waals surface area contributed by atoms with Crippen LogP contribution in [0.5, 0.6) is 0 Å². The van der Waals surface area contributed by atoms with Crippen molar-refractivity contribution >= 4 is 21.7 Å². The summed E-state index contributed by atoms with van der Waals surface area (Å²) in [6.45, 7) is 7.82. The van der Waals surface area contributed by atoms with Crippen molar-refractivity contribution < 1.29 is 13.2 Å². The van der Waals surface area contributed by atoms with E-state index in [1.54, 1.807) is 6.92 Å². The highest BCUT2D eigenvalue weighted by atomic mass is 32.2. The third-order valence-corrected chi connectivity index (χ3v) is 7.66. The van der Waals surface area contributed by atoms with Gasteiger partial charge in [-0.15, -0.1) is 0 Å². The van der Waals surface area contributed by atoms with Crippen molar-refractivity contribution in [1.82, 2.24) is 9.62 Å². The molecule has 0 heterocycles. The lowest BCUT2D eigenvalue weighted by Crippen LogP contribution is -2.44. The van der Waals surface area contributed by atoms with Gasteiger partial charge in [0.05, 0.1) is 5.25 Å². The lowest BCUT2D eigenvalue weighted by Gasteiger charge is -2.24. The molecule has 0 fully saturated rings. The lowest BCUT2D eigenvalue weighted by molar-refractivity contribution is 0.256. The fraction of sp³-hybridized carbons (Fsp3) is 0.667. The number of carbonyl (C=O) groups is 1. The van der Waals surface area contributed by atoms with E-state index in [4.69, 9.17) is 0 Å². The molecule has 0 aromatic heterocycles. The molecule has 3 rings (SSSR count). The van der Waals surface area contributed by atoms with Crippen LogP contribution in [-0.4, -0.2) is 44.2 Å². The van der Waals surface area contributed by atoms with Crippen molar-refractivity contribution in [2.45, 2.75) is 71.0 Å². The number of urea groups is 1. The summed E-state index contributed by atoms with van der Waals surface area (Å²) >= 11 is 0. The third kappa shape index (κ3) is 4.51. The van der Waals surface area contributed by atoms with Crippen molar-refractivity contribution in [3.63, 3.8) is 0 Å².